The molecular formula is C6H9N3O4S. The number of sulfonamides is 1. The van der Waals surface area contributed by atoms with Crippen LogP contribution in [0.1, 0.15) is 6.92 Å². The van der Waals surface area contributed by atoms with Gasteiger partial charge in [0.2, 0.25) is 5.91 Å². The second kappa shape index (κ2) is 3.29. The Balaban J connectivity index is 3.06. The third-order valence-electron chi connectivity index (χ3n) is 1.67. The van der Waals surface area contributed by atoms with Gasteiger partial charge in [0.25, 0.3) is 10.0 Å². The number of carbonyl (C=O) groups excluding carboxylic acids is 2. The van der Waals surface area contributed by atoms with E-state index in [4.69, 9.17) is 5.73 Å². The van der Waals surface area contributed by atoms with Crippen molar-refractivity contribution in [2.75, 3.05) is 0 Å². The fourth-order valence-electron chi connectivity index (χ4n) is 0.875. The van der Waals surface area contributed by atoms with Gasteiger partial charge in [-0.1, -0.05) is 0 Å². The first-order chi connectivity index (χ1) is 6.32. The number of urea groups is 1. The summed E-state index contributed by atoms with van der Waals surface area (Å²) in [7, 11) is -3.79. The van der Waals surface area contributed by atoms with E-state index in [0.717, 1.165) is 5.41 Å². The molecule has 8 heteroatoms. The zero-order valence-corrected chi connectivity index (χ0v) is 8.09. The van der Waals surface area contributed by atoms with E-state index < -0.39 is 27.9 Å². The molecule has 0 radical (unpaired) electrons. The predicted octanol–water partition coefficient (Wildman–Crippen LogP) is -1.41. The van der Waals surface area contributed by atoms with E-state index in [1.165, 1.54) is 6.92 Å². The number of hydrogen-bond acceptors (Lipinski definition) is 4. The van der Waals surface area contributed by atoms with Crippen molar-refractivity contribution in [3.05, 3.63) is 11.1 Å². The summed E-state index contributed by atoms with van der Waals surface area (Å²) >= 11 is 0. The summed E-state index contributed by atoms with van der Waals surface area (Å²) in [5.41, 5.74) is 4.93. The standard InChI is InChI=1S/C6H9N3O4S/c1-3(5(7)10)4-2-14(12,13)9-6(11)8-4/h2-3H,1H3,(H2,7,10)(H2,8,9,11). The molecule has 1 aliphatic heterocycles. The van der Waals surface area contributed by atoms with Crippen LogP contribution in [-0.4, -0.2) is 20.4 Å². The fraction of sp³-hybridized carbons (Fsp3) is 0.333. The Kier molecular flexibility index (Phi) is 2.47. The lowest BCUT2D eigenvalue weighted by Gasteiger charge is -2.18. The monoisotopic (exact) mass is 219 g/mol. The van der Waals surface area contributed by atoms with Crippen LogP contribution in [0, 0.1) is 5.92 Å². The van der Waals surface area contributed by atoms with Crippen LogP contribution in [0.5, 0.6) is 0 Å². The van der Waals surface area contributed by atoms with Crippen molar-refractivity contribution in [1.82, 2.24) is 10.0 Å². The number of nitrogens with two attached hydrogens (primary N) is 1. The molecule has 0 fully saturated rings. The maximum Gasteiger partial charge on any atom is 0.332 e. The van der Waals surface area contributed by atoms with Crippen LogP contribution in [0.25, 0.3) is 0 Å². The summed E-state index contributed by atoms with van der Waals surface area (Å²) in [6.07, 6.45) is 0. The van der Waals surface area contributed by atoms with Crippen LogP contribution in [0.2, 0.25) is 0 Å². The number of amides is 3. The van der Waals surface area contributed by atoms with Crippen molar-refractivity contribution in [3.63, 3.8) is 0 Å². The molecule has 78 valence electrons. The van der Waals surface area contributed by atoms with E-state index in [1.807, 2.05) is 0 Å². The number of nitrogens with one attached hydrogen (secondary N) is 2. The Hall–Kier alpha value is -1.57. The molecule has 0 aromatic carbocycles. The first kappa shape index (κ1) is 10.5. The smallest absolute Gasteiger partial charge is 0.332 e. The summed E-state index contributed by atoms with van der Waals surface area (Å²) in [6, 6.07) is -0.893. The molecule has 1 rings (SSSR count). The van der Waals surface area contributed by atoms with Crippen LogP contribution in [0.4, 0.5) is 4.79 Å². The summed E-state index contributed by atoms with van der Waals surface area (Å²) in [5.74, 6) is -1.57. The molecule has 0 aromatic heterocycles. The molecule has 7 nitrogen and oxygen atoms in total. The van der Waals surface area contributed by atoms with Crippen LogP contribution < -0.4 is 15.8 Å². The van der Waals surface area contributed by atoms with Crippen molar-refractivity contribution < 1.29 is 18.0 Å². The Labute approximate surface area is 80.4 Å². The summed E-state index contributed by atoms with van der Waals surface area (Å²) in [5, 5.41) is 2.95. The minimum Gasteiger partial charge on any atom is -0.369 e. The Morgan fingerprint density at radius 2 is 2.14 bits per heavy atom. The predicted molar refractivity (Wildman–Crippen MR) is 47.0 cm³/mol. The second-order valence-corrected chi connectivity index (χ2v) is 4.33. The molecular weight excluding hydrogens is 210 g/mol. The van der Waals surface area contributed by atoms with Crippen LogP contribution in [0.15, 0.2) is 11.1 Å². The highest BCUT2D eigenvalue weighted by Gasteiger charge is 2.26. The molecule has 1 aliphatic rings. The highest BCUT2D eigenvalue weighted by molar-refractivity contribution is 7.93. The van der Waals surface area contributed by atoms with Gasteiger partial charge in [-0.25, -0.2) is 17.9 Å². The quantitative estimate of drug-likeness (QED) is 0.528. The topological polar surface area (TPSA) is 118 Å². The highest BCUT2D eigenvalue weighted by Crippen LogP contribution is 2.11. The SMILES string of the molecule is CC(C(N)=O)C1=CS(=O)(=O)NC(=O)N1. The van der Waals surface area contributed by atoms with E-state index in [-0.39, 0.29) is 5.70 Å². The van der Waals surface area contributed by atoms with E-state index in [1.54, 1.807) is 4.72 Å². The van der Waals surface area contributed by atoms with Gasteiger partial charge in [0, 0.05) is 5.70 Å². The molecule has 0 saturated heterocycles. The minimum absolute atomic E-state index is 0.0266. The van der Waals surface area contributed by atoms with E-state index >= 15 is 0 Å². The third-order valence-corrected chi connectivity index (χ3v) is 2.70. The fourth-order valence-corrected chi connectivity index (χ4v) is 1.84. The number of hydrogen-bond donors (Lipinski definition) is 3. The first-order valence-corrected chi connectivity index (χ1v) is 5.21. The summed E-state index contributed by atoms with van der Waals surface area (Å²) in [6.45, 7) is 1.40. The second-order valence-electron chi connectivity index (χ2n) is 2.80. The Bertz CT molecular complexity index is 411. The zero-order valence-electron chi connectivity index (χ0n) is 7.27. The van der Waals surface area contributed by atoms with Gasteiger partial charge in [-0.15, -0.1) is 0 Å². The number of rotatable bonds is 2. The molecule has 0 aromatic rings. The normalized spacial score (nSPS) is 21.5. The van der Waals surface area contributed by atoms with Crippen LogP contribution >= 0.6 is 0 Å². The van der Waals surface area contributed by atoms with E-state index in [2.05, 4.69) is 5.32 Å². The van der Waals surface area contributed by atoms with Crippen LogP contribution in [0.3, 0.4) is 0 Å². The maximum atomic E-state index is 11.0. The third kappa shape index (κ3) is 2.22. The average Bonchev–Trinajstić information content (AvgIpc) is 1.98. The number of carbonyl (C=O) groups is 2. The summed E-state index contributed by atoms with van der Waals surface area (Å²) in [4.78, 5) is 21.6. The van der Waals surface area contributed by atoms with Gasteiger partial charge in [0.1, 0.15) is 0 Å². The molecule has 0 aliphatic carbocycles. The molecule has 0 bridgehead atoms. The van der Waals surface area contributed by atoms with Crippen molar-refractivity contribution in [2.45, 2.75) is 6.92 Å². The first-order valence-electron chi connectivity index (χ1n) is 3.66. The van der Waals surface area contributed by atoms with E-state index in [9.17, 15) is 18.0 Å². The lowest BCUT2D eigenvalue weighted by Crippen LogP contribution is -2.45. The highest BCUT2D eigenvalue weighted by atomic mass is 32.2. The molecule has 0 spiro atoms. The lowest BCUT2D eigenvalue weighted by atomic mass is 10.1. The largest absolute Gasteiger partial charge is 0.369 e. The summed E-state index contributed by atoms with van der Waals surface area (Å²) < 4.78 is 23.7. The van der Waals surface area contributed by atoms with Crippen molar-refractivity contribution in [3.8, 4) is 0 Å². The Morgan fingerprint density at radius 1 is 1.57 bits per heavy atom. The number of primary amides is 1. The van der Waals surface area contributed by atoms with E-state index in [0.29, 0.717) is 0 Å². The van der Waals surface area contributed by atoms with Gasteiger partial charge in [0.05, 0.1) is 11.3 Å². The van der Waals surface area contributed by atoms with Gasteiger partial charge in [-0.3, -0.25) is 4.79 Å². The molecule has 3 amide bonds. The van der Waals surface area contributed by atoms with Crippen molar-refractivity contribution in [1.29, 1.82) is 0 Å². The minimum atomic E-state index is -3.79. The molecule has 1 unspecified atom stereocenters. The molecule has 4 N–H and O–H groups in total. The maximum absolute atomic E-state index is 11.0. The molecule has 1 atom stereocenters. The van der Waals surface area contributed by atoms with Gasteiger partial charge in [-0.2, -0.15) is 0 Å². The Morgan fingerprint density at radius 3 is 2.57 bits per heavy atom. The molecule has 0 saturated carbocycles. The average molecular weight is 219 g/mol. The van der Waals surface area contributed by atoms with Gasteiger partial charge >= 0.3 is 6.03 Å². The molecule has 1 heterocycles. The zero-order chi connectivity index (χ0) is 10.9. The van der Waals surface area contributed by atoms with Gasteiger partial charge in [-0.05, 0) is 6.92 Å². The lowest BCUT2D eigenvalue weighted by molar-refractivity contribution is -0.120. The van der Waals surface area contributed by atoms with Gasteiger partial charge in [0.15, 0.2) is 0 Å². The van der Waals surface area contributed by atoms with Gasteiger partial charge < -0.3 is 11.1 Å². The van der Waals surface area contributed by atoms with Crippen molar-refractivity contribution >= 4 is 22.0 Å². The molecule has 14 heavy (non-hydrogen) atoms. The van der Waals surface area contributed by atoms with Crippen LogP contribution in [-0.2, 0) is 14.8 Å². The van der Waals surface area contributed by atoms with Crippen molar-refractivity contribution in [2.24, 2.45) is 11.7 Å².